The van der Waals surface area contributed by atoms with Gasteiger partial charge in [0.05, 0.1) is 16.3 Å². The Morgan fingerprint density at radius 2 is 1.74 bits per heavy atom. The summed E-state index contributed by atoms with van der Waals surface area (Å²) < 4.78 is 25.0. The van der Waals surface area contributed by atoms with Crippen LogP contribution in [0.25, 0.3) is 16.9 Å². The highest BCUT2D eigenvalue weighted by molar-refractivity contribution is 7.89. The molecule has 0 aliphatic heterocycles. The Labute approximate surface area is 207 Å². The second-order valence-electron chi connectivity index (χ2n) is 8.34. The van der Waals surface area contributed by atoms with E-state index in [1.807, 2.05) is 36.4 Å². The first-order valence-electron chi connectivity index (χ1n) is 10.9. The van der Waals surface area contributed by atoms with Gasteiger partial charge in [-0.1, -0.05) is 29.8 Å². The van der Waals surface area contributed by atoms with Crippen LogP contribution in [0.1, 0.15) is 27.2 Å². The molecule has 0 saturated carbocycles. The van der Waals surface area contributed by atoms with Crippen molar-refractivity contribution in [3.8, 4) is 16.9 Å². The number of nitrogens with zero attached hydrogens (tertiary/aromatic N) is 2. The molecule has 0 bridgehead atoms. The molecule has 0 unspecified atom stereocenters. The zero-order valence-electron chi connectivity index (χ0n) is 18.5. The van der Waals surface area contributed by atoms with Crippen LogP contribution in [0, 0.1) is 0 Å². The highest BCUT2D eigenvalue weighted by atomic mass is 35.5. The second-order valence-corrected chi connectivity index (χ2v) is 10.3. The molecule has 10 heteroatoms. The van der Waals surface area contributed by atoms with Crippen molar-refractivity contribution in [3.63, 3.8) is 0 Å². The normalized spacial score (nSPS) is 12.6. The predicted molar refractivity (Wildman–Crippen MR) is 135 cm³/mol. The monoisotopic (exact) mass is 507 g/mol. The number of nitrogens with two attached hydrogens (primary N) is 2. The lowest BCUT2D eigenvalue weighted by Crippen LogP contribution is -2.15. The van der Waals surface area contributed by atoms with E-state index >= 15 is 0 Å². The highest BCUT2D eigenvalue weighted by Gasteiger charge is 2.28. The molecule has 1 amide bonds. The summed E-state index contributed by atoms with van der Waals surface area (Å²) in [7, 11) is -3.83. The van der Waals surface area contributed by atoms with Gasteiger partial charge in [-0.3, -0.25) is 4.79 Å². The number of amides is 1. The molecular formula is C25H22ClN5O3S. The van der Waals surface area contributed by atoms with Crippen molar-refractivity contribution in [2.75, 3.05) is 5.32 Å². The van der Waals surface area contributed by atoms with Gasteiger partial charge >= 0.3 is 0 Å². The van der Waals surface area contributed by atoms with Gasteiger partial charge in [0.2, 0.25) is 10.0 Å². The minimum Gasteiger partial charge on any atom is -0.381 e. The Morgan fingerprint density at radius 1 is 1.03 bits per heavy atom. The number of primary sulfonamides is 1. The quantitative estimate of drug-likeness (QED) is 0.366. The number of sulfonamides is 1. The summed E-state index contributed by atoms with van der Waals surface area (Å²) in [6.07, 6.45) is 1.36. The number of primary amides is 1. The fraction of sp³-hybridized carbons (Fsp3) is 0.120. The molecule has 1 heterocycles. The van der Waals surface area contributed by atoms with Crippen molar-refractivity contribution in [1.82, 2.24) is 9.78 Å². The SMILES string of the molecule is NC(=O)c1nn(-c2ccc(S(N)(=O)=O)cc2)c2c1CCc1ccc(NCc3ccc(Cl)cc3)cc1-2. The lowest BCUT2D eigenvalue weighted by molar-refractivity contribution is 0.0994. The molecule has 0 saturated heterocycles. The van der Waals surface area contributed by atoms with E-state index in [4.69, 9.17) is 22.5 Å². The first-order chi connectivity index (χ1) is 16.7. The number of aromatic nitrogens is 2. The molecule has 8 nitrogen and oxygen atoms in total. The van der Waals surface area contributed by atoms with Crippen LogP contribution in [0.15, 0.2) is 71.6 Å². The highest BCUT2D eigenvalue weighted by Crippen LogP contribution is 2.38. The first kappa shape index (κ1) is 23.1. The topological polar surface area (TPSA) is 133 Å². The smallest absolute Gasteiger partial charge is 0.269 e. The molecule has 3 aromatic carbocycles. The number of fused-ring (bicyclic) bond motifs is 3. The molecule has 1 aromatic heterocycles. The molecule has 4 aromatic rings. The summed E-state index contributed by atoms with van der Waals surface area (Å²) >= 11 is 5.98. The van der Waals surface area contributed by atoms with Crippen LogP contribution in [0.2, 0.25) is 5.02 Å². The predicted octanol–water partition coefficient (Wildman–Crippen LogP) is 3.65. The van der Waals surface area contributed by atoms with E-state index in [-0.39, 0.29) is 10.6 Å². The summed E-state index contributed by atoms with van der Waals surface area (Å²) in [5, 5.41) is 13.9. The molecule has 35 heavy (non-hydrogen) atoms. The lowest BCUT2D eigenvalue weighted by atomic mass is 9.88. The zero-order chi connectivity index (χ0) is 24.7. The molecule has 1 aliphatic carbocycles. The number of anilines is 1. The van der Waals surface area contributed by atoms with Crippen molar-refractivity contribution in [1.29, 1.82) is 0 Å². The summed E-state index contributed by atoms with van der Waals surface area (Å²) in [5.41, 5.74) is 12.0. The van der Waals surface area contributed by atoms with E-state index < -0.39 is 15.9 Å². The maximum Gasteiger partial charge on any atom is 0.269 e. The number of halogens is 1. The Balaban J connectivity index is 1.56. The standard InChI is InChI=1S/C25H22ClN5O3S/c26-17-5-1-15(2-6-17)14-29-18-7-3-16-4-12-21-23(25(27)32)30-31(24(21)22(16)13-18)19-8-10-20(11-9-19)35(28,33)34/h1-3,5-11,13,29H,4,12,14H2,(H2,27,32)(H2,28,33,34). The average molecular weight is 508 g/mol. The molecular weight excluding hydrogens is 486 g/mol. The van der Waals surface area contributed by atoms with Crippen molar-refractivity contribution >= 4 is 33.2 Å². The number of nitrogens with one attached hydrogen (secondary N) is 1. The third-order valence-corrected chi connectivity index (χ3v) is 7.23. The van der Waals surface area contributed by atoms with Crippen molar-refractivity contribution < 1.29 is 13.2 Å². The van der Waals surface area contributed by atoms with Gasteiger partial charge in [0.25, 0.3) is 5.91 Å². The van der Waals surface area contributed by atoms with Crippen LogP contribution < -0.4 is 16.2 Å². The molecule has 178 valence electrons. The van der Waals surface area contributed by atoms with E-state index in [1.165, 1.54) is 12.1 Å². The minimum atomic E-state index is -3.83. The molecule has 0 atom stereocenters. The van der Waals surface area contributed by atoms with Crippen molar-refractivity contribution in [3.05, 3.63) is 94.1 Å². The van der Waals surface area contributed by atoms with Gasteiger partial charge in [-0.25, -0.2) is 18.2 Å². The van der Waals surface area contributed by atoms with Crippen LogP contribution in [0.5, 0.6) is 0 Å². The maximum atomic E-state index is 12.2. The van der Waals surface area contributed by atoms with Crippen molar-refractivity contribution in [2.24, 2.45) is 10.9 Å². The molecule has 5 N–H and O–H groups in total. The number of rotatable bonds is 6. The molecule has 1 aliphatic rings. The van der Waals surface area contributed by atoms with E-state index in [1.54, 1.807) is 16.8 Å². The summed E-state index contributed by atoms with van der Waals surface area (Å²) in [4.78, 5) is 12.2. The van der Waals surface area contributed by atoms with Crippen molar-refractivity contribution in [2.45, 2.75) is 24.3 Å². The zero-order valence-corrected chi connectivity index (χ0v) is 20.1. The van der Waals surface area contributed by atoms with Crippen LogP contribution in [0.3, 0.4) is 0 Å². The Hall–Kier alpha value is -3.66. The number of hydrogen-bond donors (Lipinski definition) is 3. The number of hydrogen-bond acceptors (Lipinski definition) is 5. The molecule has 0 radical (unpaired) electrons. The molecule has 0 fully saturated rings. The van der Waals surface area contributed by atoms with Gasteiger partial charge < -0.3 is 11.1 Å². The van der Waals surface area contributed by atoms with Gasteiger partial charge in [-0.15, -0.1) is 0 Å². The summed E-state index contributed by atoms with van der Waals surface area (Å²) in [6, 6.07) is 19.8. The molecule has 5 rings (SSSR count). The second kappa shape index (κ2) is 8.84. The summed E-state index contributed by atoms with van der Waals surface area (Å²) in [5.74, 6) is -0.610. The fourth-order valence-corrected chi connectivity index (χ4v) is 4.96. The van der Waals surface area contributed by atoms with Gasteiger partial charge in [-0.05, 0) is 72.5 Å². The summed E-state index contributed by atoms with van der Waals surface area (Å²) in [6.45, 7) is 0.615. The van der Waals surface area contributed by atoms with Crippen LogP contribution in [-0.2, 0) is 29.4 Å². The maximum absolute atomic E-state index is 12.2. The minimum absolute atomic E-state index is 0.00788. The lowest BCUT2D eigenvalue weighted by Gasteiger charge is -2.20. The van der Waals surface area contributed by atoms with Gasteiger partial charge in [0, 0.05) is 28.4 Å². The van der Waals surface area contributed by atoms with Crippen LogP contribution in [0.4, 0.5) is 5.69 Å². The van der Waals surface area contributed by atoms with E-state index in [0.29, 0.717) is 23.7 Å². The van der Waals surface area contributed by atoms with Crippen LogP contribution in [-0.4, -0.2) is 24.1 Å². The number of benzene rings is 3. The van der Waals surface area contributed by atoms with E-state index in [9.17, 15) is 13.2 Å². The third kappa shape index (κ3) is 4.53. The fourth-order valence-electron chi connectivity index (χ4n) is 4.32. The third-order valence-electron chi connectivity index (χ3n) is 6.05. The first-order valence-corrected chi connectivity index (χ1v) is 12.8. The number of carbonyl (C=O) groups is 1. The van der Waals surface area contributed by atoms with Gasteiger partial charge in [-0.2, -0.15) is 5.10 Å². The average Bonchev–Trinajstić information content (AvgIpc) is 3.24. The van der Waals surface area contributed by atoms with E-state index in [0.717, 1.165) is 40.1 Å². The Kier molecular flexibility index (Phi) is 5.84. The Bertz CT molecular complexity index is 1550. The number of carbonyl (C=O) groups excluding carboxylic acids is 1. The van der Waals surface area contributed by atoms with Gasteiger partial charge in [0.15, 0.2) is 5.69 Å². The Morgan fingerprint density at radius 3 is 2.40 bits per heavy atom. The van der Waals surface area contributed by atoms with Gasteiger partial charge in [0.1, 0.15) is 0 Å². The number of aryl methyl sites for hydroxylation is 1. The van der Waals surface area contributed by atoms with E-state index in [2.05, 4.69) is 16.5 Å². The molecule has 0 spiro atoms. The van der Waals surface area contributed by atoms with Crippen LogP contribution >= 0.6 is 11.6 Å². The largest absolute Gasteiger partial charge is 0.381 e.